The number of amides is 1. The van der Waals surface area contributed by atoms with Crippen molar-refractivity contribution in [3.63, 3.8) is 0 Å². The molecule has 0 saturated heterocycles. The maximum Gasteiger partial charge on any atom is 0.222 e. The summed E-state index contributed by atoms with van der Waals surface area (Å²) in [5.74, 6) is -0.0142. The van der Waals surface area contributed by atoms with Crippen LogP contribution < -0.4 is 5.32 Å². The van der Waals surface area contributed by atoms with Gasteiger partial charge in [0.1, 0.15) is 0 Å². The number of aliphatic hydroxyl groups is 1. The molecule has 10 heavy (non-hydrogen) atoms. The zero-order chi connectivity index (χ0) is 8.15. The summed E-state index contributed by atoms with van der Waals surface area (Å²) >= 11 is 0. The molecule has 0 bridgehead atoms. The predicted octanol–water partition coefficient (Wildman–Crippen LogP) is 0.139. The van der Waals surface area contributed by atoms with E-state index in [-0.39, 0.29) is 11.8 Å². The van der Waals surface area contributed by atoms with E-state index in [2.05, 4.69) is 5.32 Å². The van der Waals surface area contributed by atoms with Crippen LogP contribution in [0.15, 0.2) is 0 Å². The van der Waals surface area contributed by atoms with Crippen LogP contribution in [-0.4, -0.2) is 23.7 Å². The number of nitrogens with one attached hydrogen (secondary N) is 1. The quantitative estimate of drug-likeness (QED) is 0.593. The number of aliphatic hydroxyl groups excluding tert-OH is 1. The van der Waals surface area contributed by atoms with Gasteiger partial charge in [-0.2, -0.15) is 0 Å². The van der Waals surface area contributed by atoms with Crippen molar-refractivity contribution in [3.05, 3.63) is 0 Å². The third-order valence-corrected chi connectivity index (χ3v) is 1.10. The third kappa shape index (κ3) is 4.32. The number of carbonyl (C=O) groups excluding carboxylic acids is 1. The van der Waals surface area contributed by atoms with Crippen molar-refractivity contribution < 1.29 is 9.90 Å². The van der Waals surface area contributed by atoms with Crippen LogP contribution >= 0.6 is 0 Å². The molecule has 0 rings (SSSR count). The maximum absolute atomic E-state index is 10.8. The van der Waals surface area contributed by atoms with Crippen LogP contribution in [0.5, 0.6) is 0 Å². The molecular formula is C7H15NO2. The van der Waals surface area contributed by atoms with Crippen LogP contribution in [0.4, 0.5) is 0 Å². The lowest BCUT2D eigenvalue weighted by molar-refractivity contribution is -0.124. The molecule has 0 aromatic heterocycles. The van der Waals surface area contributed by atoms with Crippen molar-refractivity contribution in [2.45, 2.75) is 26.9 Å². The van der Waals surface area contributed by atoms with Gasteiger partial charge >= 0.3 is 0 Å². The average Bonchev–Trinajstić information content (AvgIpc) is 1.82. The van der Waals surface area contributed by atoms with Crippen molar-refractivity contribution >= 4 is 5.91 Å². The lowest BCUT2D eigenvalue weighted by Crippen LogP contribution is -2.33. The van der Waals surface area contributed by atoms with Gasteiger partial charge in [-0.05, 0) is 6.92 Å². The van der Waals surface area contributed by atoms with Gasteiger partial charge in [0.2, 0.25) is 5.91 Å². The molecule has 3 nitrogen and oxygen atoms in total. The second-order valence-electron chi connectivity index (χ2n) is 2.75. The Kier molecular flexibility index (Phi) is 4.03. The summed E-state index contributed by atoms with van der Waals surface area (Å²) in [7, 11) is 0. The van der Waals surface area contributed by atoms with E-state index < -0.39 is 6.10 Å². The summed E-state index contributed by atoms with van der Waals surface area (Å²) in [5.41, 5.74) is 0. The monoisotopic (exact) mass is 145 g/mol. The van der Waals surface area contributed by atoms with Gasteiger partial charge in [0, 0.05) is 12.5 Å². The van der Waals surface area contributed by atoms with Gasteiger partial charge in [-0.15, -0.1) is 0 Å². The highest BCUT2D eigenvalue weighted by molar-refractivity contribution is 5.77. The summed E-state index contributed by atoms with van der Waals surface area (Å²) in [5, 5.41) is 11.4. The molecule has 1 amide bonds. The highest BCUT2D eigenvalue weighted by Crippen LogP contribution is 1.89. The fourth-order valence-corrected chi connectivity index (χ4v) is 0.452. The van der Waals surface area contributed by atoms with Crippen LogP contribution in [0.3, 0.4) is 0 Å². The Morgan fingerprint density at radius 1 is 1.50 bits per heavy atom. The van der Waals surface area contributed by atoms with E-state index in [0.717, 1.165) is 0 Å². The summed E-state index contributed by atoms with van der Waals surface area (Å²) < 4.78 is 0. The molecule has 60 valence electrons. The molecule has 0 radical (unpaired) electrons. The topological polar surface area (TPSA) is 49.3 Å². The van der Waals surface area contributed by atoms with E-state index >= 15 is 0 Å². The Morgan fingerprint density at radius 2 is 2.00 bits per heavy atom. The van der Waals surface area contributed by atoms with E-state index in [9.17, 15) is 4.79 Å². The Labute approximate surface area is 61.4 Å². The number of hydrogen-bond acceptors (Lipinski definition) is 2. The van der Waals surface area contributed by atoms with Gasteiger partial charge < -0.3 is 10.4 Å². The number of rotatable bonds is 3. The number of carbonyl (C=O) groups is 1. The molecule has 3 heteroatoms. The minimum absolute atomic E-state index is 0.00116. The minimum atomic E-state index is -0.456. The van der Waals surface area contributed by atoms with Gasteiger partial charge in [0.15, 0.2) is 0 Å². The van der Waals surface area contributed by atoms with Crippen molar-refractivity contribution in [2.24, 2.45) is 5.92 Å². The Bertz CT molecular complexity index is 110. The summed E-state index contributed by atoms with van der Waals surface area (Å²) in [6, 6.07) is 0. The highest BCUT2D eigenvalue weighted by atomic mass is 16.3. The van der Waals surface area contributed by atoms with E-state index in [1.165, 1.54) is 0 Å². The standard InChI is InChI=1S/C7H15NO2/c1-5(2)7(10)8-4-6(3)9/h5-6,9H,4H2,1-3H3,(H,8,10). The van der Waals surface area contributed by atoms with Crippen LogP contribution in [-0.2, 0) is 4.79 Å². The SMILES string of the molecule is CC(O)CNC(=O)C(C)C. The molecule has 0 saturated carbocycles. The first-order chi connectivity index (χ1) is 4.54. The summed E-state index contributed by atoms with van der Waals surface area (Å²) in [6.45, 7) is 5.62. The maximum atomic E-state index is 10.8. The fourth-order valence-electron chi connectivity index (χ4n) is 0.452. The first-order valence-corrected chi connectivity index (χ1v) is 3.49. The average molecular weight is 145 g/mol. The smallest absolute Gasteiger partial charge is 0.222 e. The molecule has 0 aliphatic rings. The lowest BCUT2D eigenvalue weighted by Gasteiger charge is -2.08. The van der Waals surface area contributed by atoms with Crippen molar-refractivity contribution in [2.75, 3.05) is 6.54 Å². The third-order valence-electron chi connectivity index (χ3n) is 1.10. The van der Waals surface area contributed by atoms with Crippen molar-refractivity contribution in [3.8, 4) is 0 Å². The van der Waals surface area contributed by atoms with Gasteiger partial charge in [0.25, 0.3) is 0 Å². The van der Waals surface area contributed by atoms with Crippen LogP contribution in [0.25, 0.3) is 0 Å². The van der Waals surface area contributed by atoms with Crippen LogP contribution in [0.1, 0.15) is 20.8 Å². The molecule has 0 heterocycles. The minimum Gasteiger partial charge on any atom is -0.392 e. The first kappa shape index (κ1) is 9.43. The normalized spacial score (nSPS) is 13.3. The molecule has 2 N–H and O–H groups in total. The zero-order valence-corrected chi connectivity index (χ0v) is 6.72. The summed E-state index contributed by atoms with van der Waals surface area (Å²) in [6.07, 6.45) is -0.456. The fraction of sp³-hybridized carbons (Fsp3) is 0.857. The molecule has 1 atom stereocenters. The van der Waals surface area contributed by atoms with Crippen LogP contribution in [0.2, 0.25) is 0 Å². The Balaban J connectivity index is 3.40. The molecule has 0 fully saturated rings. The van der Waals surface area contributed by atoms with E-state index in [1.54, 1.807) is 6.92 Å². The Morgan fingerprint density at radius 3 is 2.30 bits per heavy atom. The van der Waals surface area contributed by atoms with Gasteiger partial charge in [-0.3, -0.25) is 4.79 Å². The molecule has 0 aliphatic heterocycles. The highest BCUT2D eigenvalue weighted by Gasteiger charge is 2.05. The summed E-state index contributed by atoms with van der Waals surface area (Å²) in [4.78, 5) is 10.8. The molecule has 0 spiro atoms. The molecule has 0 aliphatic carbocycles. The zero-order valence-electron chi connectivity index (χ0n) is 6.72. The lowest BCUT2D eigenvalue weighted by atomic mass is 10.2. The largest absolute Gasteiger partial charge is 0.392 e. The molecule has 1 unspecified atom stereocenters. The van der Waals surface area contributed by atoms with E-state index in [4.69, 9.17) is 5.11 Å². The van der Waals surface area contributed by atoms with E-state index in [1.807, 2.05) is 13.8 Å². The van der Waals surface area contributed by atoms with Gasteiger partial charge in [0.05, 0.1) is 6.10 Å². The van der Waals surface area contributed by atoms with Crippen LogP contribution in [0, 0.1) is 5.92 Å². The second kappa shape index (κ2) is 4.28. The second-order valence-corrected chi connectivity index (χ2v) is 2.75. The van der Waals surface area contributed by atoms with Crippen molar-refractivity contribution in [1.82, 2.24) is 5.32 Å². The Hall–Kier alpha value is -0.570. The first-order valence-electron chi connectivity index (χ1n) is 3.49. The predicted molar refractivity (Wildman–Crippen MR) is 39.5 cm³/mol. The molecule has 0 aromatic carbocycles. The van der Waals surface area contributed by atoms with Gasteiger partial charge in [-0.25, -0.2) is 0 Å². The number of hydrogen-bond donors (Lipinski definition) is 2. The van der Waals surface area contributed by atoms with Gasteiger partial charge in [-0.1, -0.05) is 13.8 Å². The molecule has 0 aromatic rings. The van der Waals surface area contributed by atoms with Crippen molar-refractivity contribution in [1.29, 1.82) is 0 Å². The van der Waals surface area contributed by atoms with E-state index in [0.29, 0.717) is 6.54 Å². The molecular weight excluding hydrogens is 130 g/mol.